The van der Waals surface area contributed by atoms with Gasteiger partial charge in [0, 0.05) is 6.20 Å². The molecule has 0 aliphatic heterocycles. The van der Waals surface area contributed by atoms with Crippen molar-refractivity contribution >= 4 is 28.9 Å². The van der Waals surface area contributed by atoms with Gasteiger partial charge in [0.25, 0.3) is 0 Å². The minimum Gasteiger partial charge on any atom is -0.325 e. The van der Waals surface area contributed by atoms with Gasteiger partial charge in [0.15, 0.2) is 0 Å². The van der Waals surface area contributed by atoms with Crippen molar-refractivity contribution in [1.29, 1.82) is 0 Å². The Morgan fingerprint density at radius 2 is 2.33 bits per heavy atom. The van der Waals surface area contributed by atoms with E-state index in [1.54, 1.807) is 0 Å². The second-order valence-corrected chi connectivity index (χ2v) is 4.85. The molecule has 0 fully saturated rings. The van der Waals surface area contributed by atoms with Gasteiger partial charge in [0.1, 0.15) is 22.9 Å². The second-order valence-electron chi connectivity index (χ2n) is 4.49. The molecule has 2 aromatic heterocycles. The highest BCUT2D eigenvalue weighted by Gasteiger charge is 2.19. The Balaban J connectivity index is 2.13. The predicted octanol–water partition coefficient (Wildman–Crippen LogP) is 2.85. The summed E-state index contributed by atoms with van der Waals surface area (Å²) in [5, 5.41) is 1.34. The Morgan fingerprint density at radius 1 is 1.50 bits per heavy atom. The number of carbonyl (C=O) groups is 1. The highest BCUT2D eigenvalue weighted by atomic mass is 35.5. The van der Waals surface area contributed by atoms with Gasteiger partial charge in [-0.25, -0.2) is 9.97 Å². The van der Waals surface area contributed by atoms with Crippen molar-refractivity contribution in [3.8, 4) is 0 Å². The molecular formula is C13H12ClN3O. The Labute approximate surface area is 109 Å². The van der Waals surface area contributed by atoms with Crippen LogP contribution in [0.1, 0.15) is 24.7 Å². The molecule has 0 spiro atoms. The van der Waals surface area contributed by atoms with Crippen molar-refractivity contribution in [1.82, 2.24) is 14.5 Å². The van der Waals surface area contributed by atoms with E-state index in [1.165, 1.54) is 0 Å². The fourth-order valence-corrected chi connectivity index (χ4v) is 2.68. The smallest absolute Gasteiger partial charge is 0.145 e. The average Bonchev–Trinajstić information content (AvgIpc) is 2.93. The molecule has 1 aliphatic rings. The molecule has 0 N–H and O–H groups in total. The second kappa shape index (κ2) is 4.21. The molecule has 5 heteroatoms. The molecule has 18 heavy (non-hydrogen) atoms. The normalized spacial score (nSPS) is 19.2. The maximum Gasteiger partial charge on any atom is 0.145 e. The van der Waals surface area contributed by atoms with Crippen LogP contribution in [0.15, 0.2) is 23.9 Å². The molecule has 1 aliphatic carbocycles. The molecule has 0 aromatic carbocycles. The third-order valence-electron chi connectivity index (χ3n) is 3.28. The van der Waals surface area contributed by atoms with Crippen LogP contribution in [0.4, 0.5) is 0 Å². The van der Waals surface area contributed by atoms with Gasteiger partial charge < -0.3 is 4.57 Å². The SMILES string of the molecule is Cc1nc(Cl)c2ccn(C3C=C(C=O)CC3)c2n1. The minimum atomic E-state index is 0.188. The van der Waals surface area contributed by atoms with Crippen molar-refractivity contribution in [2.75, 3.05) is 0 Å². The Bertz CT molecular complexity index is 660. The monoisotopic (exact) mass is 261 g/mol. The zero-order valence-electron chi connectivity index (χ0n) is 9.93. The maximum absolute atomic E-state index is 10.8. The Hall–Kier alpha value is -1.68. The number of aryl methyl sites for hydroxylation is 1. The molecule has 2 aromatic rings. The molecule has 92 valence electrons. The van der Waals surface area contributed by atoms with Crippen molar-refractivity contribution < 1.29 is 4.79 Å². The van der Waals surface area contributed by atoms with E-state index < -0.39 is 0 Å². The lowest BCUT2D eigenvalue weighted by molar-refractivity contribution is -0.105. The first-order chi connectivity index (χ1) is 8.69. The Morgan fingerprint density at radius 3 is 3.06 bits per heavy atom. The lowest BCUT2D eigenvalue weighted by Gasteiger charge is -2.11. The van der Waals surface area contributed by atoms with Gasteiger partial charge >= 0.3 is 0 Å². The first-order valence-corrected chi connectivity index (χ1v) is 6.23. The highest BCUT2D eigenvalue weighted by Crippen LogP contribution is 2.31. The minimum absolute atomic E-state index is 0.188. The van der Waals surface area contributed by atoms with E-state index in [0.29, 0.717) is 11.0 Å². The van der Waals surface area contributed by atoms with Crippen LogP contribution in [0.25, 0.3) is 11.0 Å². The number of nitrogens with zero attached hydrogens (tertiary/aromatic N) is 3. The van der Waals surface area contributed by atoms with Crippen LogP contribution in [-0.4, -0.2) is 20.8 Å². The first-order valence-electron chi connectivity index (χ1n) is 5.85. The van der Waals surface area contributed by atoms with Crippen LogP contribution < -0.4 is 0 Å². The number of allylic oxidation sites excluding steroid dienone is 2. The zero-order valence-corrected chi connectivity index (χ0v) is 10.7. The number of halogens is 1. The van der Waals surface area contributed by atoms with Crippen LogP contribution >= 0.6 is 11.6 Å². The molecule has 0 saturated carbocycles. The summed E-state index contributed by atoms with van der Waals surface area (Å²) in [6.45, 7) is 1.82. The number of fused-ring (bicyclic) bond motifs is 1. The lowest BCUT2D eigenvalue weighted by atomic mass is 10.2. The fourth-order valence-electron chi connectivity index (χ4n) is 2.41. The average molecular weight is 262 g/mol. The van der Waals surface area contributed by atoms with E-state index in [1.807, 2.05) is 25.3 Å². The van der Waals surface area contributed by atoms with Crippen molar-refractivity contribution in [3.05, 3.63) is 34.9 Å². The fraction of sp³-hybridized carbons (Fsp3) is 0.308. The maximum atomic E-state index is 10.8. The summed E-state index contributed by atoms with van der Waals surface area (Å²) in [6.07, 6.45) is 6.64. The number of aromatic nitrogens is 3. The van der Waals surface area contributed by atoms with Gasteiger partial charge in [0.05, 0.1) is 11.4 Å². The summed E-state index contributed by atoms with van der Waals surface area (Å²) < 4.78 is 2.06. The highest BCUT2D eigenvalue weighted by molar-refractivity contribution is 6.33. The quantitative estimate of drug-likeness (QED) is 0.617. The summed E-state index contributed by atoms with van der Waals surface area (Å²) in [5.41, 5.74) is 1.69. The molecule has 0 radical (unpaired) electrons. The standard InChI is InChI=1S/C13H12ClN3O/c1-8-15-12(14)11-4-5-17(13(11)16-8)10-3-2-9(6-10)7-18/h4-7,10H,2-3H2,1H3. The van der Waals surface area contributed by atoms with Crippen LogP contribution in [-0.2, 0) is 4.79 Å². The van der Waals surface area contributed by atoms with E-state index in [-0.39, 0.29) is 6.04 Å². The van der Waals surface area contributed by atoms with Crippen LogP contribution in [0, 0.1) is 6.92 Å². The molecule has 1 atom stereocenters. The van der Waals surface area contributed by atoms with Crippen molar-refractivity contribution in [2.24, 2.45) is 0 Å². The first kappa shape index (κ1) is 11.4. The van der Waals surface area contributed by atoms with Crippen molar-refractivity contribution in [2.45, 2.75) is 25.8 Å². The summed E-state index contributed by atoms with van der Waals surface area (Å²) in [7, 11) is 0. The van der Waals surface area contributed by atoms with Crippen LogP contribution in [0.2, 0.25) is 5.15 Å². The van der Waals surface area contributed by atoms with Gasteiger partial charge in [-0.3, -0.25) is 4.79 Å². The van der Waals surface area contributed by atoms with Crippen LogP contribution in [0.5, 0.6) is 0 Å². The molecule has 1 unspecified atom stereocenters. The molecule has 3 rings (SSSR count). The summed E-state index contributed by atoms with van der Waals surface area (Å²) in [6, 6.07) is 2.11. The van der Waals surface area contributed by atoms with E-state index in [0.717, 1.165) is 35.7 Å². The summed E-state index contributed by atoms with van der Waals surface area (Å²) in [4.78, 5) is 19.4. The van der Waals surface area contributed by atoms with Gasteiger partial charge in [0.2, 0.25) is 0 Å². The number of aldehydes is 1. The number of hydrogen-bond acceptors (Lipinski definition) is 3. The number of rotatable bonds is 2. The summed E-state index contributed by atoms with van der Waals surface area (Å²) >= 11 is 6.10. The predicted molar refractivity (Wildman–Crippen MR) is 69.7 cm³/mol. The number of hydrogen-bond donors (Lipinski definition) is 0. The van der Waals surface area contributed by atoms with E-state index >= 15 is 0 Å². The topological polar surface area (TPSA) is 47.8 Å². The molecule has 0 saturated heterocycles. The van der Waals surface area contributed by atoms with Gasteiger partial charge in [-0.2, -0.15) is 0 Å². The largest absolute Gasteiger partial charge is 0.325 e. The van der Waals surface area contributed by atoms with Gasteiger partial charge in [-0.15, -0.1) is 0 Å². The molecule has 2 heterocycles. The van der Waals surface area contributed by atoms with E-state index in [4.69, 9.17) is 11.6 Å². The lowest BCUT2D eigenvalue weighted by Crippen LogP contribution is -2.04. The third-order valence-corrected chi connectivity index (χ3v) is 3.57. The summed E-state index contributed by atoms with van der Waals surface area (Å²) in [5.74, 6) is 0.657. The van der Waals surface area contributed by atoms with E-state index in [2.05, 4.69) is 14.5 Å². The number of carbonyl (C=O) groups excluding carboxylic acids is 1. The molecule has 0 amide bonds. The molecule has 4 nitrogen and oxygen atoms in total. The third kappa shape index (κ3) is 1.73. The van der Waals surface area contributed by atoms with E-state index in [9.17, 15) is 4.79 Å². The van der Waals surface area contributed by atoms with Gasteiger partial charge in [-0.05, 0) is 31.4 Å². The molecule has 0 bridgehead atoms. The zero-order chi connectivity index (χ0) is 12.7. The van der Waals surface area contributed by atoms with Crippen LogP contribution in [0.3, 0.4) is 0 Å². The van der Waals surface area contributed by atoms with Crippen molar-refractivity contribution in [3.63, 3.8) is 0 Å². The molecular weight excluding hydrogens is 250 g/mol. The van der Waals surface area contributed by atoms with Gasteiger partial charge in [-0.1, -0.05) is 17.7 Å². The Kier molecular flexibility index (Phi) is 2.67.